The van der Waals surface area contributed by atoms with E-state index in [-0.39, 0.29) is 11.8 Å². The minimum absolute atomic E-state index is 0.0869. The predicted octanol–water partition coefficient (Wildman–Crippen LogP) is 2.03. The van der Waals surface area contributed by atoms with Gasteiger partial charge in [-0.3, -0.25) is 4.79 Å². The van der Waals surface area contributed by atoms with Gasteiger partial charge in [0.15, 0.2) is 0 Å². The Morgan fingerprint density at radius 1 is 1.31 bits per heavy atom. The molecule has 2 aliphatic rings. The maximum absolute atomic E-state index is 12.3. The Labute approximate surface area is 102 Å². The lowest BCUT2D eigenvalue weighted by atomic mass is 10.1. The second kappa shape index (κ2) is 5.87. The van der Waals surface area contributed by atoms with Gasteiger partial charge in [-0.15, -0.1) is 11.6 Å². The molecule has 1 amide bonds. The molecule has 3 nitrogen and oxygen atoms in total. The zero-order chi connectivity index (χ0) is 11.4. The van der Waals surface area contributed by atoms with E-state index in [0.29, 0.717) is 25.1 Å². The molecule has 0 aromatic heterocycles. The van der Waals surface area contributed by atoms with E-state index in [4.69, 9.17) is 16.3 Å². The Morgan fingerprint density at radius 3 is 2.62 bits per heavy atom. The minimum atomic E-state index is 0.0869. The lowest BCUT2D eigenvalue weighted by molar-refractivity contribution is -0.137. The molecule has 0 radical (unpaired) electrons. The highest BCUT2D eigenvalue weighted by Crippen LogP contribution is 2.26. The molecule has 16 heavy (non-hydrogen) atoms. The smallest absolute Gasteiger partial charge is 0.228 e. The van der Waals surface area contributed by atoms with Crippen LogP contribution in [0, 0.1) is 5.92 Å². The van der Waals surface area contributed by atoms with Gasteiger partial charge in [0, 0.05) is 25.1 Å². The van der Waals surface area contributed by atoms with Crippen LogP contribution in [0.4, 0.5) is 0 Å². The van der Waals surface area contributed by atoms with Crippen LogP contribution in [0.1, 0.15) is 32.1 Å². The SMILES string of the molecule is O=C(C1CCOC1)N(CCCl)C1CCCC1. The number of hydrogen-bond acceptors (Lipinski definition) is 2. The molecule has 1 aliphatic heterocycles. The second-order valence-electron chi connectivity index (χ2n) is 4.72. The van der Waals surface area contributed by atoms with E-state index in [2.05, 4.69) is 0 Å². The summed E-state index contributed by atoms with van der Waals surface area (Å²) in [5.41, 5.74) is 0. The molecule has 2 rings (SSSR count). The first-order valence-electron chi connectivity index (χ1n) is 6.27. The molecule has 2 fully saturated rings. The summed E-state index contributed by atoms with van der Waals surface area (Å²) >= 11 is 5.80. The number of ether oxygens (including phenoxy) is 1. The summed E-state index contributed by atoms with van der Waals surface area (Å²) in [5.74, 6) is 0.893. The number of nitrogens with zero attached hydrogens (tertiary/aromatic N) is 1. The first kappa shape index (κ1) is 12.2. The van der Waals surface area contributed by atoms with Gasteiger partial charge in [0.1, 0.15) is 0 Å². The van der Waals surface area contributed by atoms with Crippen LogP contribution in [-0.4, -0.2) is 42.5 Å². The standard InChI is InChI=1S/C12H20ClNO2/c13-6-7-14(11-3-1-2-4-11)12(15)10-5-8-16-9-10/h10-11H,1-9H2. The largest absolute Gasteiger partial charge is 0.381 e. The summed E-state index contributed by atoms with van der Waals surface area (Å²) in [6.07, 6.45) is 5.67. The molecule has 4 heteroatoms. The minimum Gasteiger partial charge on any atom is -0.381 e. The maximum Gasteiger partial charge on any atom is 0.228 e. The van der Waals surface area contributed by atoms with E-state index in [1.165, 1.54) is 12.8 Å². The monoisotopic (exact) mass is 245 g/mol. The Balaban J connectivity index is 1.96. The van der Waals surface area contributed by atoms with Gasteiger partial charge in [-0.2, -0.15) is 0 Å². The molecular weight excluding hydrogens is 226 g/mol. The van der Waals surface area contributed by atoms with Gasteiger partial charge >= 0.3 is 0 Å². The van der Waals surface area contributed by atoms with Gasteiger partial charge < -0.3 is 9.64 Å². The van der Waals surface area contributed by atoms with E-state index >= 15 is 0 Å². The Kier molecular flexibility index (Phi) is 4.47. The summed E-state index contributed by atoms with van der Waals surface area (Å²) in [6.45, 7) is 2.03. The van der Waals surface area contributed by atoms with Crippen LogP contribution < -0.4 is 0 Å². The van der Waals surface area contributed by atoms with Gasteiger partial charge in [0.25, 0.3) is 0 Å². The summed E-state index contributed by atoms with van der Waals surface area (Å²) < 4.78 is 5.29. The number of alkyl halides is 1. The predicted molar refractivity (Wildman–Crippen MR) is 63.6 cm³/mol. The van der Waals surface area contributed by atoms with Crippen LogP contribution in [0.3, 0.4) is 0 Å². The molecule has 1 aliphatic carbocycles. The molecule has 0 aromatic rings. The van der Waals surface area contributed by atoms with Crippen molar-refractivity contribution in [1.82, 2.24) is 4.90 Å². The van der Waals surface area contributed by atoms with E-state index in [9.17, 15) is 4.79 Å². The number of carbonyl (C=O) groups excluding carboxylic acids is 1. The third kappa shape index (κ3) is 2.69. The average Bonchev–Trinajstić information content (AvgIpc) is 2.96. The molecule has 1 heterocycles. The van der Waals surface area contributed by atoms with Gasteiger partial charge in [-0.05, 0) is 19.3 Å². The molecular formula is C12H20ClNO2. The number of halogens is 1. The van der Waals surface area contributed by atoms with Crippen LogP contribution >= 0.6 is 11.6 Å². The molecule has 1 saturated heterocycles. The topological polar surface area (TPSA) is 29.5 Å². The zero-order valence-electron chi connectivity index (χ0n) is 9.66. The number of amides is 1. The fraction of sp³-hybridized carbons (Fsp3) is 0.917. The fourth-order valence-corrected chi connectivity index (χ4v) is 2.93. The lowest BCUT2D eigenvalue weighted by Gasteiger charge is -2.30. The third-order valence-electron chi connectivity index (χ3n) is 3.65. The highest BCUT2D eigenvalue weighted by Gasteiger charge is 2.32. The van der Waals surface area contributed by atoms with Crippen molar-refractivity contribution in [1.29, 1.82) is 0 Å². The van der Waals surface area contributed by atoms with Crippen LogP contribution in [0.15, 0.2) is 0 Å². The van der Waals surface area contributed by atoms with Crippen LogP contribution in [0.25, 0.3) is 0 Å². The summed E-state index contributed by atoms with van der Waals surface area (Å²) in [6, 6.07) is 0.437. The zero-order valence-corrected chi connectivity index (χ0v) is 10.4. The molecule has 92 valence electrons. The maximum atomic E-state index is 12.3. The first-order valence-corrected chi connectivity index (χ1v) is 6.80. The van der Waals surface area contributed by atoms with Crippen LogP contribution in [0.5, 0.6) is 0 Å². The van der Waals surface area contributed by atoms with Gasteiger partial charge in [0.05, 0.1) is 12.5 Å². The van der Waals surface area contributed by atoms with Crippen molar-refractivity contribution in [3.05, 3.63) is 0 Å². The number of hydrogen-bond donors (Lipinski definition) is 0. The normalized spacial score (nSPS) is 26.2. The van der Waals surface area contributed by atoms with E-state index in [0.717, 1.165) is 25.9 Å². The average molecular weight is 246 g/mol. The van der Waals surface area contributed by atoms with E-state index in [1.54, 1.807) is 0 Å². The molecule has 0 bridgehead atoms. The Morgan fingerprint density at radius 2 is 2.06 bits per heavy atom. The fourth-order valence-electron chi connectivity index (χ4n) is 2.74. The van der Waals surface area contributed by atoms with Crippen LogP contribution in [0.2, 0.25) is 0 Å². The molecule has 0 aromatic carbocycles. The van der Waals surface area contributed by atoms with E-state index < -0.39 is 0 Å². The van der Waals surface area contributed by atoms with E-state index in [1.807, 2.05) is 4.90 Å². The number of carbonyl (C=O) groups is 1. The van der Waals surface area contributed by atoms with Crippen molar-refractivity contribution < 1.29 is 9.53 Å². The summed E-state index contributed by atoms with van der Waals surface area (Å²) in [4.78, 5) is 14.3. The highest BCUT2D eigenvalue weighted by atomic mass is 35.5. The third-order valence-corrected chi connectivity index (χ3v) is 3.82. The van der Waals surface area contributed by atoms with Crippen molar-refractivity contribution in [2.24, 2.45) is 5.92 Å². The summed E-state index contributed by atoms with van der Waals surface area (Å²) in [7, 11) is 0. The van der Waals surface area contributed by atoms with Gasteiger partial charge in [-0.25, -0.2) is 0 Å². The second-order valence-corrected chi connectivity index (χ2v) is 5.10. The molecule has 1 unspecified atom stereocenters. The first-order chi connectivity index (χ1) is 7.83. The van der Waals surface area contributed by atoms with Crippen molar-refractivity contribution in [3.63, 3.8) is 0 Å². The Hall–Kier alpha value is -0.280. The lowest BCUT2D eigenvalue weighted by Crippen LogP contribution is -2.43. The summed E-state index contributed by atoms with van der Waals surface area (Å²) in [5, 5.41) is 0. The van der Waals surface area contributed by atoms with Gasteiger partial charge in [-0.1, -0.05) is 12.8 Å². The van der Waals surface area contributed by atoms with Crippen LogP contribution in [-0.2, 0) is 9.53 Å². The Bertz CT molecular complexity index is 235. The molecule has 0 spiro atoms. The molecule has 0 N–H and O–H groups in total. The quantitative estimate of drug-likeness (QED) is 0.710. The van der Waals surface area contributed by atoms with Crippen molar-refractivity contribution in [2.45, 2.75) is 38.1 Å². The molecule has 1 saturated carbocycles. The number of rotatable bonds is 4. The van der Waals surface area contributed by atoms with Crippen molar-refractivity contribution in [2.75, 3.05) is 25.6 Å². The van der Waals surface area contributed by atoms with Crippen molar-refractivity contribution in [3.8, 4) is 0 Å². The van der Waals surface area contributed by atoms with Gasteiger partial charge in [0.2, 0.25) is 5.91 Å². The van der Waals surface area contributed by atoms with Crippen molar-refractivity contribution >= 4 is 17.5 Å². The molecule has 1 atom stereocenters. The highest BCUT2D eigenvalue weighted by molar-refractivity contribution is 6.18.